The summed E-state index contributed by atoms with van der Waals surface area (Å²) < 4.78 is 0. The number of nitrogens with one attached hydrogen (secondary N) is 2. The van der Waals surface area contributed by atoms with Crippen molar-refractivity contribution in [2.45, 2.75) is 58.2 Å². The molecule has 9 nitrogen and oxygen atoms in total. The number of primary amides is 1. The van der Waals surface area contributed by atoms with Gasteiger partial charge in [0, 0.05) is 19.0 Å². The zero-order valence-electron chi connectivity index (χ0n) is 19.5. The van der Waals surface area contributed by atoms with E-state index in [2.05, 4.69) is 22.8 Å². The van der Waals surface area contributed by atoms with Crippen LogP contribution in [0, 0.1) is 35.0 Å². The molecule has 4 rings (SSSR count). The molecule has 1 saturated carbocycles. The van der Waals surface area contributed by atoms with Crippen LogP contribution in [0.2, 0.25) is 0 Å². The Morgan fingerprint density at radius 2 is 1.91 bits per heavy atom. The second-order valence-corrected chi connectivity index (χ2v) is 10.9. The van der Waals surface area contributed by atoms with Crippen molar-refractivity contribution in [2.75, 3.05) is 13.1 Å². The quantitative estimate of drug-likeness (QED) is 0.392. The van der Waals surface area contributed by atoms with Crippen molar-refractivity contribution in [1.82, 2.24) is 15.5 Å². The zero-order valence-corrected chi connectivity index (χ0v) is 20.3. The van der Waals surface area contributed by atoms with E-state index in [0.29, 0.717) is 25.4 Å². The summed E-state index contributed by atoms with van der Waals surface area (Å²) in [6.45, 7) is 6.76. The standard InChI is InChI=1S/C23H35N5O4.ClH/c1-23(2,3)18(24)22(32)28-10-14-11-4-5-12(8-11)16(14)17(28)21(31)27-15(19(25)29)9-13-6-7-26-20(13)30;/h4-5,11-18H,6-10,24H2,1-3H3,(H2,25,29)(H,26,30)(H,27,31);1H/t11-,12+,13+,14-,15+,16+,17+,18-;/m1./s1. The number of nitrogens with zero attached hydrogens (tertiary/aromatic N) is 1. The Labute approximate surface area is 200 Å². The minimum atomic E-state index is -0.960. The Hall–Kier alpha value is -2.13. The van der Waals surface area contributed by atoms with Gasteiger partial charge in [0.05, 0.1) is 6.04 Å². The molecule has 2 saturated heterocycles. The number of halogens is 1. The van der Waals surface area contributed by atoms with Crippen molar-refractivity contribution in [1.29, 1.82) is 0 Å². The fourth-order valence-electron chi connectivity index (χ4n) is 5.99. The summed E-state index contributed by atoms with van der Waals surface area (Å²) in [4.78, 5) is 52.6. The molecule has 3 fully saturated rings. The van der Waals surface area contributed by atoms with Crippen molar-refractivity contribution in [3.05, 3.63) is 12.2 Å². The van der Waals surface area contributed by atoms with Crippen LogP contribution in [-0.4, -0.2) is 59.7 Å². The van der Waals surface area contributed by atoms with Gasteiger partial charge in [0.15, 0.2) is 0 Å². The van der Waals surface area contributed by atoms with Crippen LogP contribution in [0.25, 0.3) is 0 Å². The van der Waals surface area contributed by atoms with Crippen LogP contribution < -0.4 is 22.1 Å². The molecule has 10 heteroatoms. The molecule has 2 heterocycles. The summed E-state index contributed by atoms with van der Waals surface area (Å²) in [5, 5.41) is 5.53. The van der Waals surface area contributed by atoms with E-state index in [4.69, 9.17) is 11.5 Å². The van der Waals surface area contributed by atoms with Gasteiger partial charge < -0.3 is 27.0 Å². The van der Waals surface area contributed by atoms with Crippen molar-refractivity contribution in [2.24, 2.45) is 46.5 Å². The molecule has 4 amide bonds. The number of likely N-dealkylation sites (tertiary alicyclic amines) is 1. The highest BCUT2D eigenvalue weighted by atomic mass is 35.5. The normalized spacial score (nSPS) is 33.8. The topological polar surface area (TPSA) is 148 Å². The number of allylic oxidation sites excluding steroid dienone is 2. The zero-order chi connectivity index (χ0) is 23.4. The second-order valence-electron chi connectivity index (χ2n) is 10.9. The highest BCUT2D eigenvalue weighted by molar-refractivity contribution is 5.94. The van der Waals surface area contributed by atoms with E-state index in [1.165, 1.54) is 0 Å². The van der Waals surface area contributed by atoms with Crippen LogP contribution in [0.5, 0.6) is 0 Å². The molecule has 2 bridgehead atoms. The van der Waals surface area contributed by atoms with Gasteiger partial charge in [-0.05, 0) is 48.3 Å². The Kier molecular flexibility index (Phi) is 7.15. The molecule has 6 N–H and O–H groups in total. The molecule has 0 aromatic rings. The lowest BCUT2D eigenvalue weighted by atomic mass is 9.81. The van der Waals surface area contributed by atoms with Gasteiger partial charge in [-0.25, -0.2) is 0 Å². The fraction of sp³-hybridized carbons (Fsp3) is 0.739. The highest BCUT2D eigenvalue weighted by Crippen LogP contribution is 2.54. The van der Waals surface area contributed by atoms with Gasteiger partial charge in [0.25, 0.3) is 0 Å². The lowest BCUT2D eigenvalue weighted by Gasteiger charge is -2.35. The van der Waals surface area contributed by atoms with Crippen LogP contribution >= 0.6 is 12.4 Å². The van der Waals surface area contributed by atoms with Crippen molar-refractivity contribution in [3.63, 3.8) is 0 Å². The molecule has 0 spiro atoms. The molecule has 0 aromatic carbocycles. The maximum Gasteiger partial charge on any atom is 0.243 e. The van der Waals surface area contributed by atoms with Crippen LogP contribution in [-0.2, 0) is 19.2 Å². The minimum Gasteiger partial charge on any atom is -0.368 e. The predicted molar refractivity (Wildman–Crippen MR) is 125 cm³/mol. The van der Waals surface area contributed by atoms with E-state index in [-0.39, 0.29) is 60.2 Å². The van der Waals surface area contributed by atoms with E-state index in [1.807, 2.05) is 20.8 Å². The van der Waals surface area contributed by atoms with E-state index in [0.717, 1.165) is 6.42 Å². The molecular formula is C23H36ClN5O4. The van der Waals surface area contributed by atoms with E-state index in [9.17, 15) is 19.2 Å². The Morgan fingerprint density at radius 1 is 1.24 bits per heavy atom. The summed E-state index contributed by atoms with van der Waals surface area (Å²) in [6, 6.07) is -2.39. The first kappa shape index (κ1) is 25.5. The van der Waals surface area contributed by atoms with Crippen LogP contribution in [0.3, 0.4) is 0 Å². The molecule has 0 radical (unpaired) electrons. The monoisotopic (exact) mass is 481 g/mol. The first-order valence-electron chi connectivity index (χ1n) is 11.6. The molecule has 0 aromatic heterocycles. The maximum absolute atomic E-state index is 13.5. The number of amides is 4. The summed E-state index contributed by atoms with van der Waals surface area (Å²) >= 11 is 0. The third-order valence-corrected chi connectivity index (χ3v) is 7.89. The number of rotatable bonds is 6. The lowest BCUT2D eigenvalue weighted by Crippen LogP contribution is -2.58. The average molecular weight is 482 g/mol. The number of nitrogens with two attached hydrogens (primary N) is 2. The van der Waals surface area contributed by atoms with Gasteiger partial charge in [-0.1, -0.05) is 32.9 Å². The lowest BCUT2D eigenvalue weighted by molar-refractivity contribution is -0.143. The van der Waals surface area contributed by atoms with Crippen molar-refractivity contribution >= 4 is 36.0 Å². The van der Waals surface area contributed by atoms with Crippen LogP contribution in [0.1, 0.15) is 40.0 Å². The van der Waals surface area contributed by atoms with Crippen LogP contribution in [0.15, 0.2) is 12.2 Å². The van der Waals surface area contributed by atoms with Gasteiger partial charge in [-0.2, -0.15) is 0 Å². The fourth-order valence-corrected chi connectivity index (χ4v) is 5.99. The molecule has 2 aliphatic heterocycles. The number of hydrogen-bond donors (Lipinski definition) is 4. The third-order valence-electron chi connectivity index (χ3n) is 7.89. The summed E-state index contributed by atoms with van der Waals surface area (Å²) in [7, 11) is 0. The molecule has 4 aliphatic rings. The van der Waals surface area contributed by atoms with Gasteiger partial charge in [0.1, 0.15) is 12.1 Å². The van der Waals surface area contributed by atoms with E-state index < -0.39 is 29.4 Å². The maximum atomic E-state index is 13.5. The Bertz CT molecular complexity index is 856. The summed E-state index contributed by atoms with van der Waals surface area (Å²) in [5.74, 6) is -0.972. The average Bonchev–Trinajstić information content (AvgIpc) is 3.47. The molecular weight excluding hydrogens is 446 g/mol. The molecule has 33 heavy (non-hydrogen) atoms. The number of hydrogen-bond acceptors (Lipinski definition) is 5. The number of carbonyl (C=O) groups excluding carboxylic acids is 4. The van der Waals surface area contributed by atoms with E-state index >= 15 is 0 Å². The minimum absolute atomic E-state index is 0. The molecule has 0 unspecified atom stereocenters. The Balaban J connectivity index is 0.00000306. The first-order valence-corrected chi connectivity index (χ1v) is 11.6. The predicted octanol–water partition coefficient (Wildman–Crippen LogP) is -0.0730. The molecule has 2 aliphatic carbocycles. The van der Waals surface area contributed by atoms with E-state index in [1.54, 1.807) is 4.90 Å². The third kappa shape index (κ3) is 4.62. The van der Waals surface area contributed by atoms with Crippen molar-refractivity contribution < 1.29 is 19.2 Å². The van der Waals surface area contributed by atoms with Gasteiger partial charge in [-0.3, -0.25) is 19.2 Å². The molecule has 184 valence electrons. The summed E-state index contributed by atoms with van der Waals surface area (Å²) in [6.07, 6.45) is 6.11. The van der Waals surface area contributed by atoms with Crippen LogP contribution in [0.4, 0.5) is 0 Å². The SMILES string of the molecule is CC(C)(C)[C@H](N)C(=O)N1C[C@H]2[C@@H]([C@H]1C(=O)N[C@@H](C[C@@H]1CCNC1=O)C(N)=O)[C@H]1C=C[C@@H]2C1.Cl. The second kappa shape index (κ2) is 9.25. The smallest absolute Gasteiger partial charge is 0.243 e. The summed E-state index contributed by atoms with van der Waals surface area (Å²) in [5.41, 5.74) is 11.4. The number of carbonyl (C=O) groups is 4. The molecule has 8 atom stereocenters. The highest BCUT2D eigenvalue weighted by Gasteiger charge is 2.58. The first-order chi connectivity index (χ1) is 15.0. The van der Waals surface area contributed by atoms with Gasteiger partial charge in [0.2, 0.25) is 23.6 Å². The largest absolute Gasteiger partial charge is 0.368 e. The Morgan fingerprint density at radius 3 is 2.48 bits per heavy atom. The van der Waals surface area contributed by atoms with Gasteiger partial charge >= 0.3 is 0 Å². The van der Waals surface area contributed by atoms with Crippen molar-refractivity contribution in [3.8, 4) is 0 Å². The van der Waals surface area contributed by atoms with Gasteiger partial charge in [-0.15, -0.1) is 12.4 Å². The number of fused-ring (bicyclic) bond motifs is 5.